The van der Waals surface area contributed by atoms with E-state index in [-0.39, 0.29) is 0 Å². The lowest BCUT2D eigenvalue weighted by Crippen LogP contribution is -2.37. The molecule has 2 aromatic rings. The minimum Gasteiger partial charge on any atom is -0.480 e. The van der Waals surface area contributed by atoms with Gasteiger partial charge in [0.1, 0.15) is 6.04 Å². The highest BCUT2D eigenvalue weighted by Crippen LogP contribution is 2.16. The number of nitrogens with one attached hydrogen (secondary N) is 1. The summed E-state index contributed by atoms with van der Waals surface area (Å²) in [5.41, 5.74) is 1.02. The first-order chi connectivity index (χ1) is 10.5. The van der Waals surface area contributed by atoms with Crippen LogP contribution in [0.5, 0.6) is 0 Å². The molecule has 0 unspecified atom stereocenters. The lowest BCUT2D eigenvalue weighted by Gasteiger charge is -2.13. The summed E-state index contributed by atoms with van der Waals surface area (Å²) in [7, 11) is 0. The van der Waals surface area contributed by atoms with E-state index in [9.17, 15) is 9.90 Å². The summed E-state index contributed by atoms with van der Waals surface area (Å²) in [6.07, 6.45) is 3.29. The fourth-order valence-corrected chi connectivity index (χ4v) is 3.28. The second kappa shape index (κ2) is 8.06. The van der Waals surface area contributed by atoms with E-state index in [1.807, 2.05) is 36.5 Å². The van der Waals surface area contributed by atoms with Crippen LogP contribution in [-0.4, -0.2) is 22.1 Å². The van der Waals surface area contributed by atoms with Crippen molar-refractivity contribution in [2.75, 3.05) is 0 Å². The first-order valence-electron chi connectivity index (χ1n) is 7.48. The SMILES string of the molecule is CC(C)Cc1ncc(CN[C@@H](Cc2ccccc2)C(=O)O)s1. The molecule has 0 saturated heterocycles. The lowest BCUT2D eigenvalue weighted by atomic mass is 10.1. The van der Waals surface area contributed by atoms with Gasteiger partial charge >= 0.3 is 5.97 Å². The Labute approximate surface area is 135 Å². The summed E-state index contributed by atoms with van der Waals surface area (Å²) in [5, 5.41) is 13.6. The molecule has 118 valence electrons. The Hall–Kier alpha value is -1.72. The Morgan fingerprint density at radius 2 is 2.00 bits per heavy atom. The van der Waals surface area contributed by atoms with Gasteiger partial charge in [0.15, 0.2) is 0 Å². The third kappa shape index (κ3) is 5.24. The molecule has 0 aliphatic heterocycles. The van der Waals surface area contributed by atoms with Crippen LogP contribution in [0.2, 0.25) is 0 Å². The molecule has 0 radical (unpaired) electrons. The van der Waals surface area contributed by atoms with Crippen molar-refractivity contribution in [1.29, 1.82) is 0 Å². The van der Waals surface area contributed by atoms with Gasteiger partial charge in [-0.05, 0) is 17.9 Å². The molecular weight excluding hydrogens is 296 g/mol. The van der Waals surface area contributed by atoms with Crippen LogP contribution >= 0.6 is 11.3 Å². The first kappa shape index (κ1) is 16.6. The number of carboxylic acids is 1. The molecule has 5 heteroatoms. The number of carboxylic acid groups (broad SMARTS) is 1. The number of aromatic nitrogens is 1. The van der Waals surface area contributed by atoms with Crippen molar-refractivity contribution in [3.8, 4) is 0 Å². The molecule has 0 bridgehead atoms. The molecule has 2 rings (SSSR count). The van der Waals surface area contributed by atoms with Gasteiger partial charge in [0.2, 0.25) is 0 Å². The molecule has 2 N–H and O–H groups in total. The molecule has 1 heterocycles. The van der Waals surface area contributed by atoms with Crippen LogP contribution in [0.25, 0.3) is 0 Å². The van der Waals surface area contributed by atoms with E-state index >= 15 is 0 Å². The molecule has 0 saturated carbocycles. The van der Waals surface area contributed by atoms with Crippen molar-refractivity contribution >= 4 is 17.3 Å². The highest BCUT2D eigenvalue weighted by molar-refractivity contribution is 7.11. The molecule has 0 fully saturated rings. The average Bonchev–Trinajstić information content (AvgIpc) is 2.91. The maximum atomic E-state index is 11.4. The average molecular weight is 318 g/mol. The number of carbonyl (C=O) groups is 1. The monoisotopic (exact) mass is 318 g/mol. The number of rotatable bonds is 8. The van der Waals surface area contributed by atoms with E-state index in [2.05, 4.69) is 24.1 Å². The molecule has 0 amide bonds. The molecule has 0 spiro atoms. The fourth-order valence-electron chi connectivity index (χ4n) is 2.19. The fraction of sp³-hybridized carbons (Fsp3) is 0.412. The van der Waals surface area contributed by atoms with Crippen molar-refractivity contribution in [2.45, 2.75) is 39.3 Å². The van der Waals surface area contributed by atoms with Gasteiger partial charge in [-0.25, -0.2) is 4.98 Å². The van der Waals surface area contributed by atoms with Crippen LogP contribution in [0.4, 0.5) is 0 Å². The number of hydrogen-bond donors (Lipinski definition) is 2. The second-order valence-electron chi connectivity index (χ2n) is 5.78. The Morgan fingerprint density at radius 1 is 1.27 bits per heavy atom. The lowest BCUT2D eigenvalue weighted by molar-refractivity contribution is -0.139. The van der Waals surface area contributed by atoms with Crippen molar-refractivity contribution < 1.29 is 9.90 Å². The van der Waals surface area contributed by atoms with Gasteiger partial charge in [0, 0.05) is 24.0 Å². The third-order valence-electron chi connectivity index (χ3n) is 3.29. The van der Waals surface area contributed by atoms with Gasteiger partial charge in [-0.1, -0.05) is 44.2 Å². The molecule has 1 atom stereocenters. The predicted molar refractivity (Wildman–Crippen MR) is 89.1 cm³/mol. The van der Waals surface area contributed by atoms with Crippen LogP contribution in [-0.2, 0) is 24.2 Å². The molecule has 4 nitrogen and oxygen atoms in total. The van der Waals surface area contributed by atoms with E-state index in [4.69, 9.17) is 0 Å². The summed E-state index contributed by atoms with van der Waals surface area (Å²) in [4.78, 5) is 16.9. The third-order valence-corrected chi connectivity index (χ3v) is 4.31. The Balaban J connectivity index is 1.91. The maximum Gasteiger partial charge on any atom is 0.321 e. The normalized spacial score (nSPS) is 12.5. The summed E-state index contributed by atoms with van der Waals surface area (Å²) < 4.78 is 0. The number of benzene rings is 1. The maximum absolute atomic E-state index is 11.4. The van der Waals surface area contributed by atoms with Gasteiger partial charge < -0.3 is 5.11 Å². The number of nitrogens with zero attached hydrogens (tertiary/aromatic N) is 1. The first-order valence-corrected chi connectivity index (χ1v) is 8.30. The van der Waals surface area contributed by atoms with Crippen molar-refractivity contribution in [1.82, 2.24) is 10.3 Å². The van der Waals surface area contributed by atoms with E-state index in [0.717, 1.165) is 21.9 Å². The van der Waals surface area contributed by atoms with Gasteiger partial charge in [0.05, 0.1) is 5.01 Å². The molecule has 22 heavy (non-hydrogen) atoms. The van der Waals surface area contributed by atoms with Crippen LogP contribution in [0.1, 0.15) is 29.3 Å². The van der Waals surface area contributed by atoms with Crippen molar-refractivity contribution in [3.05, 3.63) is 52.0 Å². The van der Waals surface area contributed by atoms with E-state index in [0.29, 0.717) is 18.9 Å². The topological polar surface area (TPSA) is 62.2 Å². The van der Waals surface area contributed by atoms with Crippen molar-refractivity contribution in [2.24, 2.45) is 5.92 Å². The Bertz CT molecular complexity index is 596. The largest absolute Gasteiger partial charge is 0.480 e. The smallest absolute Gasteiger partial charge is 0.321 e. The highest BCUT2D eigenvalue weighted by Gasteiger charge is 2.17. The molecule has 0 aliphatic carbocycles. The quantitative estimate of drug-likeness (QED) is 0.785. The standard InChI is InChI=1S/C17H22N2O2S/c1-12(2)8-16-19-11-14(22-16)10-18-15(17(20)21)9-13-6-4-3-5-7-13/h3-7,11-12,15,18H,8-10H2,1-2H3,(H,20,21)/t15-/m0/s1. The van der Waals surface area contributed by atoms with Crippen LogP contribution in [0, 0.1) is 5.92 Å². The molecular formula is C17H22N2O2S. The molecule has 1 aromatic carbocycles. The van der Waals surface area contributed by atoms with Crippen LogP contribution in [0.3, 0.4) is 0 Å². The highest BCUT2D eigenvalue weighted by atomic mass is 32.1. The van der Waals surface area contributed by atoms with Crippen LogP contribution < -0.4 is 5.32 Å². The number of aliphatic carboxylic acids is 1. The zero-order chi connectivity index (χ0) is 15.9. The summed E-state index contributed by atoms with van der Waals surface area (Å²) in [6.45, 7) is 4.87. The Morgan fingerprint density at radius 3 is 2.64 bits per heavy atom. The number of thiazole rings is 1. The Kier molecular flexibility index (Phi) is 6.10. The summed E-state index contributed by atoms with van der Waals surface area (Å²) >= 11 is 1.65. The predicted octanol–water partition coefficient (Wildman–Crippen LogP) is 3.13. The molecule has 0 aliphatic rings. The van der Waals surface area contributed by atoms with Crippen molar-refractivity contribution in [3.63, 3.8) is 0 Å². The zero-order valence-corrected chi connectivity index (χ0v) is 13.8. The number of hydrogen-bond acceptors (Lipinski definition) is 4. The minimum atomic E-state index is -0.823. The van der Waals surface area contributed by atoms with E-state index in [1.165, 1.54) is 0 Å². The molecule has 1 aromatic heterocycles. The second-order valence-corrected chi connectivity index (χ2v) is 6.98. The van der Waals surface area contributed by atoms with Crippen LogP contribution in [0.15, 0.2) is 36.5 Å². The summed E-state index contributed by atoms with van der Waals surface area (Å²) in [5.74, 6) is -0.243. The van der Waals surface area contributed by atoms with E-state index in [1.54, 1.807) is 11.3 Å². The summed E-state index contributed by atoms with van der Waals surface area (Å²) in [6, 6.07) is 9.10. The van der Waals surface area contributed by atoms with Gasteiger partial charge in [-0.15, -0.1) is 11.3 Å². The van der Waals surface area contributed by atoms with Gasteiger partial charge in [0.25, 0.3) is 0 Å². The van der Waals surface area contributed by atoms with E-state index < -0.39 is 12.0 Å². The van der Waals surface area contributed by atoms with Gasteiger partial charge in [-0.2, -0.15) is 0 Å². The minimum absolute atomic E-state index is 0.480. The zero-order valence-electron chi connectivity index (χ0n) is 13.0. The van der Waals surface area contributed by atoms with Gasteiger partial charge in [-0.3, -0.25) is 10.1 Å².